The van der Waals surface area contributed by atoms with E-state index in [0.717, 1.165) is 21.9 Å². The molecule has 0 radical (unpaired) electrons. The lowest BCUT2D eigenvalue weighted by Gasteiger charge is -1.93. The van der Waals surface area contributed by atoms with Gasteiger partial charge in [0.25, 0.3) is 0 Å². The Hall–Kier alpha value is -2.30. The summed E-state index contributed by atoms with van der Waals surface area (Å²) >= 11 is 0. The van der Waals surface area contributed by atoms with E-state index in [1.54, 1.807) is 18.3 Å². The van der Waals surface area contributed by atoms with Gasteiger partial charge in [-0.15, -0.1) is 0 Å². The van der Waals surface area contributed by atoms with Crippen LogP contribution in [0.1, 0.15) is 0 Å². The van der Waals surface area contributed by atoms with E-state index >= 15 is 0 Å². The quantitative estimate of drug-likeness (QED) is 0.511. The van der Waals surface area contributed by atoms with E-state index in [1.807, 2.05) is 0 Å². The van der Waals surface area contributed by atoms with Crippen LogP contribution in [0, 0.1) is 0 Å². The number of nitrogen functional groups attached to an aromatic ring is 1. The van der Waals surface area contributed by atoms with Gasteiger partial charge < -0.3 is 15.8 Å². The van der Waals surface area contributed by atoms with Crippen molar-refractivity contribution in [1.29, 1.82) is 0 Å². The third kappa shape index (κ3) is 1.10. The van der Waals surface area contributed by atoms with Gasteiger partial charge in [0.05, 0.1) is 17.9 Å². The van der Waals surface area contributed by atoms with Crippen LogP contribution in [0.2, 0.25) is 0 Å². The topological polar surface area (TPSA) is 87.8 Å². The van der Waals surface area contributed by atoms with Crippen molar-refractivity contribution in [2.24, 2.45) is 0 Å². The van der Waals surface area contributed by atoms with Crippen LogP contribution >= 0.6 is 0 Å². The first-order valence-electron chi connectivity index (χ1n) is 4.46. The molecule has 5 heteroatoms. The fourth-order valence-corrected chi connectivity index (χ4v) is 1.68. The summed E-state index contributed by atoms with van der Waals surface area (Å²) in [6.07, 6.45) is 3.05. The van der Waals surface area contributed by atoms with Gasteiger partial charge in [-0.05, 0) is 12.1 Å². The Morgan fingerprint density at radius 2 is 2.00 bits per heavy atom. The molecular formula is C10H8N4O. The first-order valence-corrected chi connectivity index (χ1v) is 4.46. The van der Waals surface area contributed by atoms with Crippen LogP contribution < -0.4 is 5.73 Å². The second kappa shape index (κ2) is 2.60. The van der Waals surface area contributed by atoms with Gasteiger partial charge in [-0.2, -0.15) is 0 Å². The first kappa shape index (κ1) is 8.05. The summed E-state index contributed by atoms with van der Waals surface area (Å²) in [7, 11) is 0. The molecule has 4 N–H and O–H groups in total. The highest BCUT2D eigenvalue weighted by Crippen LogP contribution is 2.26. The Balaban J connectivity index is 2.55. The maximum atomic E-state index is 9.35. The van der Waals surface area contributed by atoms with Crippen LogP contribution in [0.25, 0.3) is 21.9 Å². The van der Waals surface area contributed by atoms with E-state index in [0.29, 0.717) is 5.82 Å². The number of nitrogens with zero attached hydrogens (tertiary/aromatic N) is 2. The number of pyridine rings is 2. The molecule has 0 aliphatic heterocycles. The number of nitrogens with two attached hydrogens (primary N) is 1. The molecule has 5 nitrogen and oxygen atoms in total. The number of anilines is 1. The highest BCUT2D eigenvalue weighted by molar-refractivity contribution is 6.06. The number of H-pyrrole nitrogens is 1. The lowest BCUT2D eigenvalue weighted by Crippen LogP contribution is -1.87. The molecule has 0 aliphatic rings. The van der Waals surface area contributed by atoms with Crippen LogP contribution in [-0.4, -0.2) is 20.1 Å². The molecule has 0 aliphatic carbocycles. The molecule has 0 bridgehead atoms. The molecular weight excluding hydrogens is 192 g/mol. The fraction of sp³-hybridized carbons (Fsp3) is 0. The Kier molecular flexibility index (Phi) is 1.39. The average Bonchev–Trinajstić information content (AvgIpc) is 2.56. The summed E-state index contributed by atoms with van der Waals surface area (Å²) in [6, 6.07) is 3.41. The Morgan fingerprint density at radius 1 is 1.13 bits per heavy atom. The van der Waals surface area contributed by atoms with Gasteiger partial charge in [0.2, 0.25) is 0 Å². The third-order valence-electron chi connectivity index (χ3n) is 2.34. The normalized spacial score (nSPS) is 11.2. The average molecular weight is 200 g/mol. The van der Waals surface area contributed by atoms with Crippen LogP contribution in [0.5, 0.6) is 5.75 Å². The molecule has 0 saturated carbocycles. The monoisotopic (exact) mass is 200 g/mol. The minimum absolute atomic E-state index is 0.138. The van der Waals surface area contributed by atoms with E-state index < -0.39 is 0 Å². The lowest BCUT2D eigenvalue weighted by molar-refractivity contribution is 0.474. The van der Waals surface area contributed by atoms with Gasteiger partial charge in [-0.25, -0.2) is 9.97 Å². The van der Waals surface area contributed by atoms with Crippen LogP contribution in [0.4, 0.5) is 5.82 Å². The summed E-state index contributed by atoms with van der Waals surface area (Å²) in [5.74, 6) is 0.588. The van der Waals surface area contributed by atoms with Crippen molar-refractivity contribution in [1.82, 2.24) is 15.0 Å². The number of aromatic nitrogens is 3. The molecule has 15 heavy (non-hydrogen) atoms. The van der Waals surface area contributed by atoms with Crippen LogP contribution in [0.15, 0.2) is 24.5 Å². The molecule has 0 fully saturated rings. The van der Waals surface area contributed by atoms with Crippen molar-refractivity contribution in [2.75, 3.05) is 5.73 Å². The van der Waals surface area contributed by atoms with Crippen LogP contribution in [-0.2, 0) is 0 Å². The van der Waals surface area contributed by atoms with Gasteiger partial charge in [0.1, 0.15) is 17.2 Å². The summed E-state index contributed by atoms with van der Waals surface area (Å²) in [6.45, 7) is 0. The fourth-order valence-electron chi connectivity index (χ4n) is 1.68. The molecule has 3 heterocycles. The van der Waals surface area contributed by atoms with E-state index in [4.69, 9.17) is 5.73 Å². The Bertz CT molecular complexity index is 603. The molecule has 3 aromatic rings. The minimum atomic E-state index is 0.138. The predicted octanol–water partition coefficient (Wildman–Crippen LogP) is 1.40. The summed E-state index contributed by atoms with van der Waals surface area (Å²) < 4.78 is 0. The largest absolute Gasteiger partial charge is 0.506 e. The SMILES string of the molecule is Nc1cc2c(cn1)[nH]c1ncc(O)cc12. The molecule has 74 valence electrons. The first-order chi connectivity index (χ1) is 7.24. The smallest absolute Gasteiger partial charge is 0.138 e. The number of rotatable bonds is 0. The number of aromatic amines is 1. The zero-order valence-electron chi connectivity index (χ0n) is 7.73. The standard InChI is InChI=1S/C10H8N4O/c11-9-2-6-7-1-5(15)3-13-10(7)14-8(6)4-12-9/h1-4,15H,(H2,11,12)(H,13,14). The number of hydrogen-bond acceptors (Lipinski definition) is 4. The van der Waals surface area contributed by atoms with E-state index in [9.17, 15) is 5.11 Å². The summed E-state index contributed by atoms with van der Waals surface area (Å²) in [5, 5.41) is 11.1. The molecule has 0 amide bonds. The van der Waals surface area contributed by atoms with Gasteiger partial charge >= 0.3 is 0 Å². The van der Waals surface area contributed by atoms with Gasteiger partial charge in [0.15, 0.2) is 0 Å². The minimum Gasteiger partial charge on any atom is -0.506 e. The van der Waals surface area contributed by atoms with Gasteiger partial charge in [-0.3, -0.25) is 0 Å². The molecule has 3 aromatic heterocycles. The highest BCUT2D eigenvalue weighted by atomic mass is 16.3. The molecule has 0 spiro atoms. The molecule has 0 unspecified atom stereocenters. The van der Waals surface area contributed by atoms with Crippen molar-refractivity contribution in [2.45, 2.75) is 0 Å². The molecule has 0 atom stereocenters. The van der Waals surface area contributed by atoms with Crippen LogP contribution in [0.3, 0.4) is 0 Å². The molecule has 3 rings (SSSR count). The maximum Gasteiger partial charge on any atom is 0.138 e. The number of fused-ring (bicyclic) bond motifs is 3. The van der Waals surface area contributed by atoms with Gasteiger partial charge in [0, 0.05) is 10.8 Å². The number of nitrogens with one attached hydrogen (secondary N) is 1. The van der Waals surface area contributed by atoms with Crippen molar-refractivity contribution in [3.05, 3.63) is 24.5 Å². The van der Waals surface area contributed by atoms with Crippen molar-refractivity contribution in [3.63, 3.8) is 0 Å². The Morgan fingerprint density at radius 3 is 2.87 bits per heavy atom. The van der Waals surface area contributed by atoms with E-state index in [-0.39, 0.29) is 5.75 Å². The molecule has 0 aromatic carbocycles. The zero-order chi connectivity index (χ0) is 10.4. The second-order valence-electron chi connectivity index (χ2n) is 3.37. The lowest BCUT2D eigenvalue weighted by atomic mass is 10.2. The third-order valence-corrected chi connectivity index (χ3v) is 2.34. The highest BCUT2D eigenvalue weighted by Gasteiger charge is 2.06. The summed E-state index contributed by atoms with van der Waals surface area (Å²) in [5.41, 5.74) is 7.18. The van der Waals surface area contributed by atoms with E-state index in [1.165, 1.54) is 6.20 Å². The van der Waals surface area contributed by atoms with Crippen molar-refractivity contribution in [3.8, 4) is 5.75 Å². The number of aromatic hydroxyl groups is 1. The predicted molar refractivity (Wildman–Crippen MR) is 57.5 cm³/mol. The molecule has 0 saturated heterocycles. The van der Waals surface area contributed by atoms with Crippen molar-refractivity contribution < 1.29 is 5.11 Å². The van der Waals surface area contributed by atoms with Crippen molar-refractivity contribution >= 4 is 27.8 Å². The van der Waals surface area contributed by atoms with E-state index in [2.05, 4.69) is 15.0 Å². The zero-order valence-corrected chi connectivity index (χ0v) is 7.73. The maximum absolute atomic E-state index is 9.35. The Labute approximate surface area is 84.6 Å². The second-order valence-corrected chi connectivity index (χ2v) is 3.37. The number of hydrogen-bond donors (Lipinski definition) is 3. The van der Waals surface area contributed by atoms with Gasteiger partial charge in [-0.1, -0.05) is 0 Å². The summed E-state index contributed by atoms with van der Waals surface area (Å²) in [4.78, 5) is 11.1.